The Balaban J connectivity index is 2.09. The van der Waals surface area contributed by atoms with Gasteiger partial charge in [0.15, 0.2) is 0 Å². The molecule has 2 aromatic heterocycles. The van der Waals surface area contributed by atoms with Crippen molar-refractivity contribution < 1.29 is 0 Å². The Morgan fingerprint density at radius 3 is 2.75 bits per heavy atom. The summed E-state index contributed by atoms with van der Waals surface area (Å²) >= 11 is 11.4. The molecule has 0 bridgehead atoms. The normalized spacial score (nSPS) is 11.4. The van der Waals surface area contributed by atoms with Crippen LogP contribution in [0.15, 0.2) is 28.7 Å². The SMILES string of the molecule is Cc1cc(Cn2c(CCl)nc3cc(Br)ccc32)sc1C. The summed E-state index contributed by atoms with van der Waals surface area (Å²) in [5.74, 6) is 1.35. The number of benzene rings is 1. The van der Waals surface area contributed by atoms with E-state index in [2.05, 4.69) is 51.5 Å². The molecule has 0 spiro atoms. The molecule has 0 saturated carbocycles. The molecule has 0 N–H and O–H groups in total. The molecule has 0 aliphatic heterocycles. The van der Waals surface area contributed by atoms with Gasteiger partial charge < -0.3 is 4.57 Å². The average Bonchev–Trinajstić information content (AvgIpc) is 2.91. The lowest BCUT2D eigenvalue weighted by Gasteiger charge is -2.06. The molecule has 0 unspecified atom stereocenters. The molecule has 1 aromatic carbocycles. The summed E-state index contributed by atoms with van der Waals surface area (Å²) in [6.45, 7) is 5.15. The van der Waals surface area contributed by atoms with E-state index in [4.69, 9.17) is 11.6 Å². The Morgan fingerprint density at radius 2 is 2.10 bits per heavy atom. The lowest BCUT2D eigenvalue weighted by molar-refractivity contribution is 0.789. The first-order chi connectivity index (χ1) is 9.58. The molecule has 0 fully saturated rings. The summed E-state index contributed by atoms with van der Waals surface area (Å²) in [5.41, 5.74) is 3.47. The van der Waals surface area contributed by atoms with Crippen LogP contribution >= 0.6 is 38.9 Å². The highest BCUT2D eigenvalue weighted by atomic mass is 79.9. The zero-order valence-corrected chi connectivity index (χ0v) is 14.4. The molecule has 0 saturated heterocycles. The van der Waals surface area contributed by atoms with E-state index in [1.54, 1.807) is 0 Å². The van der Waals surface area contributed by atoms with Crippen LogP contribution in [0, 0.1) is 13.8 Å². The summed E-state index contributed by atoms with van der Waals surface area (Å²) in [7, 11) is 0. The first kappa shape index (κ1) is 14.1. The van der Waals surface area contributed by atoms with E-state index < -0.39 is 0 Å². The average molecular weight is 370 g/mol. The predicted octanol–water partition coefficient (Wildman–Crippen LogP) is 5.26. The van der Waals surface area contributed by atoms with Crippen LogP contribution in [0.2, 0.25) is 0 Å². The monoisotopic (exact) mass is 368 g/mol. The molecular formula is C15H14BrClN2S. The zero-order valence-electron chi connectivity index (χ0n) is 11.3. The van der Waals surface area contributed by atoms with Crippen molar-refractivity contribution in [2.24, 2.45) is 0 Å². The fourth-order valence-electron chi connectivity index (χ4n) is 2.31. The van der Waals surface area contributed by atoms with Gasteiger partial charge >= 0.3 is 0 Å². The Kier molecular flexibility index (Phi) is 3.89. The van der Waals surface area contributed by atoms with E-state index >= 15 is 0 Å². The molecule has 0 amide bonds. The molecule has 104 valence electrons. The van der Waals surface area contributed by atoms with E-state index in [-0.39, 0.29) is 0 Å². The first-order valence-electron chi connectivity index (χ1n) is 6.35. The van der Waals surface area contributed by atoms with Crippen molar-refractivity contribution in [3.05, 3.63) is 49.9 Å². The molecule has 5 heteroatoms. The molecule has 0 atom stereocenters. The summed E-state index contributed by atoms with van der Waals surface area (Å²) < 4.78 is 3.25. The largest absolute Gasteiger partial charge is 0.322 e. The van der Waals surface area contributed by atoms with Crippen LogP contribution in [0.4, 0.5) is 0 Å². The second-order valence-electron chi connectivity index (χ2n) is 4.83. The maximum Gasteiger partial charge on any atom is 0.125 e. The number of imidazole rings is 1. The van der Waals surface area contributed by atoms with E-state index in [1.807, 2.05) is 23.5 Å². The highest BCUT2D eigenvalue weighted by Crippen LogP contribution is 2.26. The lowest BCUT2D eigenvalue weighted by Crippen LogP contribution is -2.02. The smallest absolute Gasteiger partial charge is 0.125 e. The number of thiophene rings is 1. The van der Waals surface area contributed by atoms with Gasteiger partial charge in [-0.25, -0.2) is 4.98 Å². The highest BCUT2D eigenvalue weighted by molar-refractivity contribution is 9.10. The third kappa shape index (κ3) is 2.52. The third-order valence-corrected chi connectivity index (χ3v) is 5.31. The van der Waals surface area contributed by atoms with E-state index in [0.29, 0.717) is 5.88 Å². The number of nitrogens with zero attached hydrogens (tertiary/aromatic N) is 2. The summed E-state index contributed by atoms with van der Waals surface area (Å²) in [5, 5.41) is 0. The van der Waals surface area contributed by atoms with Gasteiger partial charge in [0.1, 0.15) is 5.82 Å². The quantitative estimate of drug-likeness (QED) is 0.575. The van der Waals surface area contributed by atoms with Gasteiger partial charge in [-0.05, 0) is 43.7 Å². The molecule has 2 heterocycles. The van der Waals surface area contributed by atoms with Crippen LogP contribution < -0.4 is 0 Å². The van der Waals surface area contributed by atoms with Gasteiger partial charge in [0.05, 0.1) is 23.5 Å². The van der Waals surface area contributed by atoms with Gasteiger partial charge in [-0.2, -0.15) is 0 Å². The molecule has 2 nitrogen and oxygen atoms in total. The van der Waals surface area contributed by atoms with Crippen molar-refractivity contribution >= 4 is 49.9 Å². The molecule has 20 heavy (non-hydrogen) atoms. The van der Waals surface area contributed by atoms with Crippen LogP contribution in [0.3, 0.4) is 0 Å². The molecular weight excluding hydrogens is 356 g/mol. The van der Waals surface area contributed by atoms with Gasteiger partial charge in [0.2, 0.25) is 0 Å². The van der Waals surface area contributed by atoms with Crippen LogP contribution in [-0.2, 0) is 12.4 Å². The van der Waals surface area contributed by atoms with E-state index in [0.717, 1.165) is 27.9 Å². The molecule has 0 radical (unpaired) electrons. The highest BCUT2D eigenvalue weighted by Gasteiger charge is 2.12. The number of aromatic nitrogens is 2. The van der Waals surface area contributed by atoms with E-state index in [9.17, 15) is 0 Å². The van der Waals surface area contributed by atoms with E-state index in [1.165, 1.54) is 15.3 Å². The third-order valence-electron chi connectivity index (χ3n) is 3.44. The van der Waals surface area contributed by atoms with Gasteiger partial charge in [-0.3, -0.25) is 0 Å². The molecule has 0 aliphatic carbocycles. The van der Waals surface area contributed by atoms with Crippen LogP contribution in [0.5, 0.6) is 0 Å². The second-order valence-corrected chi connectivity index (χ2v) is 7.36. The Hall–Kier alpha value is -0.840. The maximum atomic E-state index is 6.05. The second kappa shape index (κ2) is 5.51. The minimum atomic E-state index is 0.426. The van der Waals surface area contributed by atoms with Crippen LogP contribution in [-0.4, -0.2) is 9.55 Å². The fraction of sp³-hybridized carbons (Fsp3) is 0.267. The van der Waals surface area contributed by atoms with Crippen molar-refractivity contribution in [3.63, 3.8) is 0 Å². The Bertz CT molecular complexity index is 756. The lowest BCUT2D eigenvalue weighted by atomic mass is 10.3. The van der Waals surface area contributed by atoms with Crippen molar-refractivity contribution in [2.45, 2.75) is 26.3 Å². The number of halogens is 2. The fourth-order valence-corrected chi connectivity index (χ4v) is 3.91. The van der Waals surface area contributed by atoms with Gasteiger partial charge in [0, 0.05) is 14.2 Å². The van der Waals surface area contributed by atoms with Crippen molar-refractivity contribution in [1.29, 1.82) is 0 Å². The summed E-state index contributed by atoms with van der Waals surface area (Å²) in [4.78, 5) is 7.34. The zero-order chi connectivity index (χ0) is 14.3. The van der Waals surface area contributed by atoms with Crippen molar-refractivity contribution in [3.8, 4) is 0 Å². The number of hydrogen-bond acceptors (Lipinski definition) is 2. The minimum absolute atomic E-state index is 0.426. The topological polar surface area (TPSA) is 17.8 Å². The molecule has 3 rings (SSSR count). The van der Waals surface area contributed by atoms with Crippen LogP contribution in [0.1, 0.15) is 21.1 Å². The number of aryl methyl sites for hydroxylation is 2. The minimum Gasteiger partial charge on any atom is -0.322 e. The number of rotatable bonds is 3. The maximum absolute atomic E-state index is 6.05. The Morgan fingerprint density at radius 1 is 1.30 bits per heavy atom. The molecule has 0 aliphatic rings. The van der Waals surface area contributed by atoms with Gasteiger partial charge in [-0.1, -0.05) is 15.9 Å². The number of alkyl halides is 1. The predicted molar refractivity (Wildman–Crippen MR) is 89.9 cm³/mol. The van der Waals surface area contributed by atoms with Gasteiger partial charge in [-0.15, -0.1) is 22.9 Å². The number of fused-ring (bicyclic) bond motifs is 1. The van der Waals surface area contributed by atoms with Gasteiger partial charge in [0.25, 0.3) is 0 Å². The Labute approximate surface area is 135 Å². The standard InChI is InChI=1S/C15H14BrClN2S/c1-9-5-12(20-10(9)2)8-19-14-4-3-11(16)6-13(14)18-15(19)7-17/h3-6H,7-8H2,1-2H3. The first-order valence-corrected chi connectivity index (χ1v) is 8.49. The number of hydrogen-bond donors (Lipinski definition) is 0. The van der Waals surface area contributed by atoms with Crippen molar-refractivity contribution in [2.75, 3.05) is 0 Å². The summed E-state index contributed by atoms with van der Waals surface area (Å²) in [6, 6.07) is 8.43. The van der Waals surface area contributed by atoms with Crippen LogP contribution in [0.25, 0.3) is 11.0 Å². The summed E-state index contributed by atoms with van der Waals surface area (Å²) in [6.07, 6.45) is 0. The van der Waals surface area contributed by atoms with Crippen molar-refractivity contribution in [1.82, 2.24) is 9.55 Å². The molecule has 3 aromatic rings.